The summed E-state index contributed by atoms with van der Waals surface area (Å²) >= 11 is 1.45. The predicted octanol–water partition coefficient (Wildman–Crippen LogP) is 4.36. The Balaban J connectivity index is 1.69. The van der Waals surface area contributed by atoms with Crippen LogP contribution in [0.4, 0.5) is 0 Å². The summed E-state index contributed by atoms with van der Waals surface area (Å²) in [5, 5.41) is 2.65. The summed E-state index contributed by atoms with van der Waals surface area (Å²) in [6, 6.07) is 14.2. The molecule has 0 spiro atoms. The molecule has 7 heteroatoms. The van der Waals surface area contributed by atoms with Gasteiger partial charge in [-0.1, -0.05) is 50.2 Å². The fraction of sp³-hybridized carbons (Fsp3) is 0.273. The van der Waals surface area contributed by atoms with E-state index in [1.54, 1.807) is 12.1 Å². The van der Waals surface area contributed by atoms with Gasteiger partial charge in [0.1, 0.15) is 5.01 Å². The summed E-state index contributed by atoms with van der Waals surface area (Å²) in [4.78, 5) is 16.7. The number of hydrogen-bond acceptors (Lipinski definition) is 5. The van der Waals surface area contributed by atoms with Crippen LogP contribution in [0.2, 0.25) is 0 Å². The van der Waals surface area contributed by atoms with Crippen molar-refractivity contribution in [3.8, 4) is 10.6 Å². The molecule has 0 aliphatic heterocycles. The quantitative estimate of drug-likeness (QED) is 0.606. The number of carbonyl (C=O) groups excluding carboxylic acids is 1. The number of rotatable bonds is 7. The van der Waals surface area contributed by atoms with Gasteiger partial charge in [0.05, 0.1) is 11.3 Å². The summed E-state index contributed by atoms with van der Waals surface area (Å²) in [6.07, 6.45) is 0.975. The molecular weight excluding hydrogens is 404 g/mol. The number of aryl methyl sites for hydroxylation is 1. The molecular formula is C22H24N2O3S2. The molecule has 1 N–H and O–H groups in total. The SMILES string of the molecule is Cc1csc(-c2cccc(S(=O)(=O)NC(=O)Cc3ccc(CC(C)C)cc3)c2)n1. The highest BCUT2D eigenvalue weighted by atomic mass is 32.2. The molecule has 1 amide bonds. The summed E-state index contributed by atoms with van der Waals surface area (Å²) in [6.45, 7) is 6.18. The van der Waals surface area contributed by atoms with Gasteiger partial charge in [0.15, 0.2) is 0 Å². The van der Waals surface area contributed by atoms with E-state index >= 15 is 0 Å². The molecule has 0 radical (unpaired) electrons. The van der Waals surface area contributed by atoms with Crippen molar-refractivity contribution in [2.45, 2.75) is 38.5 Å². The van der Waals surface area contributed by atoms with Crippen LogP contribution < -0.4 is 4.72 Å². The van der Waals surface area contributed by atoms with E-state index in [1.165, 1.54) is 29.0 Å². The lowest BCUT2D eigenvalue weighted by molar-refractivity contribution is -0.118. The molecule has 3 aromatic rings. The number of hydrogen-bond donors (Lipinski definition) is 1. The molecule has 0 unspecified atom stereocenters. The molecule has 0 atom stereocenters. The van der Waals surface area contributed by atoms with Gasteiger partial charge in [0.25, 0.3) is 10.0 Å². The van der Waals surface area contributed by atoms with Crippen LogP contribution in [0.5, 0.6) is 0 Å². The Labute approximate surface area is 175 Å². The fourth-order valence-electron chi connectivity index (χ4n) is 2.98. The van der Waals surface area contributed by atoms with Crippen LogP contribution >= 0.6 is 11.3 Å². The number of sulfonamides is 1. The number of amides is 1. The van der Waals surface area contributed by atoms with E-state index in [-0.39, 0.29) is 11.3 Å². The van der Waals surface area contributed by atoms with E-state index in [0.29, 0.717) is 11.5 Å². The zero-order valence-corrected chi connectivity index (χ0v) is 18.3. The van der Waals surface area contributed by atoms with Gasteiger partial charge in [-0.25, -0.2) is 18.1 Å². The number of aromatic nitrogens is 1. The van der Waals surface area contributed by atoms with Crippen LogP contribution in [-0.4, -0.2) is 19.3 Å². The zero-order chi connectivity index (χ0) is 21.0. The number of carbonyl (C=O) groups is 1. The van der Waals surface area contributed by atoms with Crippen molar-refractivity contribution in [2.75, 3.05) is 0 Å². The van der Waals surface area contributed by atoms with Crippen molar-refractivity contribution in [1.29, 1.82) is 0 Å². The molecule has 0 fully saturated rings. The van der Waals surface area contributed by atoms with Crippen molar-refractivity contribution in [3.63, 3.8) is 0 Å². The van der Waals surface area contributed by atoms with Crippen molar-refractivity contribution in [3.05, 3.63) is 70.7 Å². The molecule has 0 aliphatic rings. The van der Waals surface area contributed by atoms with E-state index in [9.17, 15) is 13.2 Å². The highest BCUT2D eigenvalue weighted by Gasteiger charge is 2.19. The third-order valence-corrected chi connectivity index (χ3v) is 6.67. The van der Waals surface area contributed by atoms with Gasteiger partial charge < -0.3 is 0 Å². The van der Waals surface area contributed by atoms with Crippen LogP contribution in [0.15, 0.2) is 58.8 Å². The van der Waals surface area contributed by atoms with E-state index in [1.807, 2.05) is 36.6 Å². The van der Waals surface area contributed by atoms with E-state index in [4.69, 9.17) is 0 Å². The van der Waals surface area contributed by atoms with E-state index < -0.39 is 15.9 Å². The van der Waals surface area contributed by atoms with Gasteiger partial charge in [0, 0.05) is 16.6 Å². The van der Waals surface area contributed by atoms with Crippen LogP contribution in [0, 0.1) is 12.8 Å². The first-order valence-electron chi connectivity index (χ1n) is 9.39. The van der Waals surface area contributed by atoms with Gasteiger partial charge in [0.2, 0.25) is 5.91 Å². The molecule has 2 aromatic carbocycles. The third-order valence-electron chi connectivity index (χ3n) is 4.29. The monoisotopic (exact) mass is 428 g/mol. The minimum atomic E-state index is -3.95. The molecule has 0 saturated heterocycles. The van der Waals surface area contributed by atoms with Gasteiger partial charge in [-0.15, -0.1) is 11.3 Å². The standard InChI is InChI=1S/C22H24N2O3S2/c1-15(2)11-17-7-9-18(10-8-17)12-21(25)24-29(26,27)20-6-4-5-19(13-20)22-23-16(3)14-28-22/h4-10,13-15H,11-12H2,1-3H3,(H,24,25). The van der Waals surface area contributed by atoms with Crippen LogP contribution in [0.1, 0.15) is 30.7 Å². The highest BCUT2D eigenvalue weighted by molar-refractivity contribution is 7.90. The third kappa shape index (κ3) is 5.74. The maximum atomic E-state index is 12.6. The largest absolute Gasteiger partial charge is 0.274 e. The zero-order valence-electron chi connectivity index (χ0n) is 16.7. The first-order chi connectivity index (χ1) is 13.7. The highest BCUT2D eigenvalue weighted by Crippen LogP contribution is 2.25. The second kappa shape index (κ2) is 8.88. The molecule has 29 heavy (non-hydrogen) atoms. The molecule has 5 nitrogen and oxygen atoms in total. The van der Waals surface area contributed by atoms with E-state index in [0.717, 1.165) is 22.7 Å². The molecule has 0 saturated carbocycles. The molecule has 0 aliphatic carbocycles. The summed E-state index contributed by atoms with van der Waals surface area (Å²) < 4.78 is 27.5. The molecule has 3 rings (SSSR count). The summed E-state index contributed by atoms with van der Waals surface area (Å²) in [7, 11) is -3.95. The minimum Gasteiger partial charge on any atom is -0.274 e. The maximum absolute atomic E-state index is 12.6. The Morgan fingerprint density at radius 2 is 1.79 bits per heavy atom. The van der Waals surface area contributed by atoms with Gasteiger partial charge in [-0.05, 0) is 42.5 Å². The number of nitrogens with zero attached hydrogens (tertiary/aromatic N) is 1. The molecule has 1 aromatic heterocycles. The number of thiazole rings is 1. The Hall–Kier alpha value is -2.51. The van der Waals surface area contributed by atoms with Gasteiger partial charge in [-0.2, -0.15) is 0 Å². The van der Waals surface area contributed by atoms with Crippen LogP contribution in [0.3, 0.4) is 0 Å². The normalized spacial score (nSPS) is 11.6. The van der Waals surface area contributed by atoms with Crippen molar-refractivity contribution in [2.24, 2.45) is 5.92 Å². The molecule has 152 valence electrons. The Bertz CT molecular complexity index is 1100. The Kier molecular flexibility index (Phi) is 6.49. The lowest BCUT2D eigenvalue weighted by atomic mass is 10.0. The van der Waals surface area contributed by atoms with Crippen LogP contribution in [-0.2, 0) is 27.7 Å². The van der Waals surface area contributed by atoms with Gasteiger partial charge >= 0.3 is 0 Å². The molecule has 1 heterocycles. The second-order valence-electron chi connectivity index (χ2n) is 7.44. The first-order valence-corrected chi connectivity index (χ1v) is 11.8. The van der Waals surface area contributed by atoms with Crippen LogP contribution in [0.25, 0.3) is 10.6 Å². The van der Waals surface area contributed by atoms with Crippen molar-refractivity contribution in [1.82, 2.24) is 9.71 Å². The van der Waals surface area contributed by atoms with Gasteiger partial charge in [-0.3, -0.25) is 4.79 Å². The average molecular weight is 429 g/mol. The van der Waals surface area contributed by atoms with Crippen molar-refractivity contribution >= 4 is 27.3 Å². The van der Waals surface area contributed by atoms with Crippen molar-refractivity contribution < 1.29 is 13.2 Å². The minimum absolute atomic E-state index is 0.00650. The first kappa shape index (κ1) is 21.2. The lowest BCUT2D eigenvalue weighted by Gasteiger charge is -2.09. The number of nitrogens with one attached hydrogen (secondary N) is 1. The maximum Gasteiger partial charge on any atom is 0.264 e. The summed E-state index contributed by atoms with van der Waals surface area (Å²) in [5.41, 5.74) is 3.56. The fourth-order valence-corrected chi connectivity index (χ4v) is 4.80. The summed E-state index contributed by atoms with van der Waals surface area (Å²) in [5.74, 6) is -0.00421. The molecule has 0 bridgehead atoms. The smallest absolute Gasteiger partial charge is 0.264 e. The second-order valence-corrected chi connectivity index (χ2v) is 9.98. The number of benzene rings is 2. The average Bonchev–Trinajstić information content (AvgIpc) is 3.09. The topological polar surface area (TPSA) is 76.1 Å². The lowest BCUT2D eigenvalue weighted by Crippen LogP contribution is -2.31. The predicted molar refractivity (Wildman–Crippen MR) is 116 cm³/mol. The van der Waals surface area contributed by atoms with E-state index in [2.05, 4.69) is 23.6 Å². The Morgan fingerprint density at radius 1 is 1.10 bits per heavy atom. The Morgan fingerprint density at radius 3 is 2.41 bits per heavy atom.